The van der Waals surface area contributed by atoms with Crippen LogP contribution in [-0.4, -0.2) is 23.2 Å². The topological polar surface area (TPSA) is 49.3 Å². The van der Waals surface area contributed by atoms with Gasteiger partial charge in [0.05, 0.1) is 6.04 Å². The van der Waals surface area contributed by atoms with Crippen molar-refractivity contribution >= 4 is 5.97 Å². The van der Waals surface area contributed by atoms with E-state index in [0.717, 1.165) is 6.42 Å². The smallest absolute Gasteiger partial charge is 0.320 e. The molecule has 0 rings (SSSR count). The Balaban J connectivity index is 3.83. The fourth-order valence-corrected chi connectivity index (χ4v) is 0.657. The molecule has 0 aliphatic carbocycles. The van der Waals surface area contributed by atoms with Crippen molar-refractivity contribution in [3.05, 3.63) is 0 Å². The maximum absolute atomic E-state index is 10.3. The minimum absolute atomic E-state index is 0.138. The van der Waals surface area contributed by atoms with Gasteiger partial charge in [0.1, 0.15) is 6.04 Å². The van der Waals surface area contributed by atoms with Crippen LogP contribution in [0.5, 0.6) is 0 Å². The van der Waals surface area contributed by atoms with Gasteiger partial charge in [-0.15, -0.1) is 6.42 Å². The molecule has 2 unspecified atom stereocenters. The molecule has 0 bridgehead atoms. The fraction of sp³-hybridized carbons (Fsp3) is 0.625. The molecule has 3 nitrogen and oxygen atoms in total. The third-order valence-electron chi connectivity index (χ3n) is 1.43. The molecule has 0 aliphatic heterocycles. The van der Waals surface area contributed by atoms with Crippen molar-refractivity contribution in [1.82, 2.24) is 5.32 Å². The summed E-state index contributed by atoms with van der Waals surface area (Å²) < 4.78 is 0. The Morgan fingerprint density at radius 2 is 2.36 bits per heavy atom. The molecule has 0 aliphatic rings. The maximum Gasteiger partial charge on any atom is 0.320 e. The standard InChI is InChI=1S/C8H13NO2/c1-4-7(5-2)9-6(3)8(10)11/h1,6-7,9H,5H2,2-3H3,(H,10,11). The lowest BCUT2D eigenvalue weighted by molar-refractivity contribution is -0.139. The zero-order chi connectivity index (χ0) is 8.85. The van der Waals surface area contributed by atoms with Crippen LogP contribution in [0.2, 0.25) is 0 Å². The number of carboxylic acids is 1. The monoisotopic (exact) mass is 155 g/mol. The van der Waals surface area contributed by atoms with Crippen molar-refractivity contribution in [1.29, 1.82) is 0 Å². The number of hydrogen-bond donors (Lipinski definition) is 2. The molecule has 0 saturated carbocycles. The first-order valence-electron chi connectivity index (χ1n) is 3.56. The molecular weight excluding hydrogens is 142 g/mol. The van der Waals surface area contributed by atoms with Crippen molar-refractivity contribution in [3.63, 3.8) is 0 Å². The summed E-state index contributed by atoms with van der Waals surface area (Å²) in [4.78, 5) is 10.3. The molecule has 0 spiro atoms. The van der Waals surface area contributed by atoms with Crippen molar-refractivity contribution in [3.8, 4) is 12.3 Å². The maximum atomic E-state index is 10.3. The van der Waals surface area contributed by atoms with E-state index in [2.05, 4.69) is 11.2 Å². The van der Waals surface area contributed by atoms with Gasteiger partial charge in [-0.2, -0.15) is 0 Å². The van der Waals surface area contributed by atoms with Gasteiger partial charge in [-0.25, -0.2) is 0 Å². The predicted octanol–water partition coefficient (Wildman–Crippen LogP) is 0.461. The van der Waals surface area contributed by atoms with Gasteiger partial charge < -0.3 is 5.11 Å². The van der Waals surface area contributed by atoms with Crippen LogP contribution in [0.4, 0.5) is 0 Å². The summed E-state index contributed by atoms with van der Waals surface area (Å²) in [5, 5.41) is 11.3. The quantitative estimate of drug-likeness (QED) is 0.580. The van der Waals surface area contributed by atoms with E-state index in [-0.39, 0.29) is 6.04 Å². The Labute approximate surface area is 66.8 Å². The molecular formula is C8H13NO2. The summed E-state index contributed by atoms with van der Waals surface area (Å²) in [6, 6.07) is -0.711. The van der Waals surface area contributed by atoms with Crippen molar-refractivity contribution in [2.75, 3.05) is 0 Å². The van der Waals surface area contributed by atoms with Gasteiger partial charge >= 0.3 is 5.97 Å². The van der Waals surface area contributed by atoms with Crippen LogP contribution in [0.1, 0.15) is 20.3 Å². The number of carboxylic acid groups (broad SMARTS) is 1. The number of aliphatic carboxylic acids is 1. The second-order valence-corrected chi connectivity index (χ2v) is 2.35. The molecule has 0 aromatic heterocycles. The predicted molar refractivity (Wildman–Crippen MR) is 43.1 cm³/mol. The average Bonchev–Trinajstić information content (AvgIpc) is 1.99. The highest BCUT2D eigenvalue weighted by molar-refractivity contribution is 5.72. The molecule has 0 amide bonds. The van der Waals surface area contributed by atoms with E-state index in [9.17, 15) is 4.79 Å². The van der Waals surface area contributed by atoms with Crippen LogP contribution in [0.15, 0.2) is 0 Å². The van der Waals surface area contributed by atoms with Crippen molar-refractivity contribution in [2.24, 2.45) is 0 Å². The molecule has 0 heterocycles. The minimum Gasteiger partial charge on any atom is -0.480 e. The Hall–Kier alpha value is -1.01. The van der Waals surface area contributed by atoms with E-state index >= 15 is 0 Å². The second-order valence-electron chi connectivity index (χ2n) is 2.35. The first-order valence-corrected chi connectivity index (χ1v) is 3.56. The lowest BCUT2D eigenvalue weighted by Gasteiger charge is -2.13. The second kappa shape index (κ2) is 4.75. The molecule has 0 radical (unpaired) electrons. The van der Waals surface area contributed by atoms with Gasteiger partial charge in [0.2, 0.25) is 0 Å². The molecule has 3 heteroatoms. The Morgan fingerprint density at radius 1 is 1.82 bits per heavy atom. The van der Waals surface area contributed by atoms with E-state index in [1.807, 2.05) is 6.92 Å². The summed E-state index contributed by atoms with van der Waals surface area (Å²) in [7, 11) is 0. The van der Waals surface area contributed by atoms with Crippen LogP contribution >= 0.6 is 0 Å². The third-order valence-corrected chi connectivity index (χ3v) is 1.43. The highest BCUT2D eigenvalue weighted by atomic mass is 16.4. The molecule has 62 valence electrons. The summed E-state index contributed by atoms with van der Waals surface area (Å²) in [6.07, 6.45) is 5.87. The number of carbonyl (C=O) groups is 1. The Morgan fingerprint density at radius 3 is 2.64 bits per heavy atom. The van der Waals surface area contributed by atoms with Crippen LogP contribution < -0.4 is 5.32 Å². The van der Waals surface area contributed by atoms with Gasteiger partial charge in [0.25, 0.3) is 0 Å². The zero-order valence-corrected chi connectivity index (χ0v) is 6.79. The zero-order valence-electron chi connectivity index (χ0n) is 6.79. The van der Waals surface area contributed by atoms with Gasteiger partial charge in [-0.3, -0.25) is 10.1 Å². The first-order chi connectivity index (χ1) is 5.11. The van der Waals surface area contributed by atoms with Gasteiger partial charge in [0.15, 0.2) is 0 Å². The molecule has 0 saturated heterocycles. The SMILES string of the molecule is C#CC(CC)NC(C)C(=O)O. The van der Waals surface area contributed by atoms with E-state index in [1.54, 1.807) is 6.92 Å². The van der Waals surface area contributed by atoms with Gasteiger partial charge in [0, 0.05) is 0 Å². The summed E-state index contributed by atoms with van der Waals surface area (Å²) >= 11 is 0. The molecule has 0 fully saturated rings. The molecule has 2 N–H and O–H groups in total. The molecule has 0 aromatic rings. The summed E-state index contributed by atoms with van der Waals surface area (Å²) in [6.45, 7) is 3.48. The minimum atomic E-state index is -0.876. The normalized spacial score (nSPS) is 15.0. The molecule has 2 atom stereocenters. The number of nitrogens with one attached hydrogen (secondary N) is 1. The Bertz CT molecular complexity index is 171. The van der Waals surface area contributed by atoms with Crippen molar-refractivity contribution < 1.29 is 9.90 Å². The third kappa shape index (κ3) is 3.64. The summed E-state index contributed by atoms with van der Waals surface area (Å²) in [5.41, 5.74) is 0. The highest BCUT2D eigenvalue weighted by Gasteiger charge is 2.13. The van der Waals surface area contributed by atoms with Gasteiger partial charge in [-0.05, 0) is 13.3 Å². The summed E-state index contributed by atoms with van der Waals surface area (Å²) in [5.74, 6) is 1.59. The van der Waals surface area contributed by atoms with Gasteiger partial charge in [-0.1, -0.05) is 12.8 Å². The van der Waals surface area contributed by atoms with E-state index in [4.69, 9.17) is 11.5 Å². The Kier molecular flexibility index (Phi) is 4.32. The lowest BCUT2D eigenvalue weighted by atomic mass is 10.2. The van der Waals surface area contributed by atoms with E-state index in [0.29, 0.717) is 0 Å². The van der Waals surface area contributed by atoms with Crippen LogP contribution in [0, 0.1) is 12.3 Å². The molecule has 11 heavy (non-hydrogen) atoms. The van der Waals surface area contributed by atoms with E-state index < -0.39 is 12.0 Å². The first kappa shape index (κ1) is 9.99. The average molecular weight is 155 g/mol. The number of rotatable bonds is 4. The van der Waals surface area contributed by atoms with Crippen LogP contribution in [0.3, 0.4) is 0 Å². The lowest BCUT2D eigenvalue weighted by Crippen LogP contribution is -2.40. The number of hydrogen-bond acceptors (Lipinski definition) is 2. The fourth-order valence-electron chi connectivity index (χ4n) is 0.657. The van der Waals surface area contributed by atoms with Crippen molar-refractivity contribution in [2.45, 2.75) is 32.4 Å². The van der Waals surface area contributed by atoms with Crippen LogP contribution in [0.25, 0.3) is 0 Å². The van der Waals surface area contributed by atoms with Crippen LogP contribution in [-0.2, 0) is 4.79 Å². The molecule has 0 aromatic carbocycles. The highest BCUT2D eigenvalue weighted by Crippen LogP contribution is 1.91. The number of terminal acetylenes is 1. The van der Waals surface area contributed by atoms with E-state index in [1.165, 1.54) is 0 Å². The largest absolute Gasteiger partial charge is 0.480 e.